The van der Waals surface area contributed by atoms with Crippen LogP contribution in [0.4, 0.5) is 0 Å². The molecule has 0 unspecified atom stereocenters. The fourth-order valence-corrected chi connectivity index (χ4v) is 1.99. The predicted octanol–water partition coefficient (Wildman–Crippen LogP) is 1.70. The summed E-state index contributed by atoms with van der Waals surface area (Å²) < 4.78 is 1.87. The summed E-state index contributed by atoms with van der Waals surface area (Å²) >= 11 is 0. The third-order valence-electron chi connectivity index (χ3n) is 2.54. The van der Waals surface area contributed by atoms with Crippen molar-refractivity contribution >= 4 is 16.9 Å². The van der Waals surface area contributed by atoms with Crippen LogP contribution in [0.1, 0.15) is 17.1 Å². The zero-order valence-electron chi connectivity index (χ0n) is 10.1. The normalized spacial score (nSPS) is 10.3. The molecule has 2 heterocycles. The first kappa shape index (κ1) is 14.3. The smallest absolute Gasteiger partial charge is 0.143 e. The van der Waals surface area contributed by atoms with Crippen LogP contribution in [0.25, 0.3) is 16.8 Å². The molecular weight excluding hydrogens is 293 g/mol. The van der Waals surface area contributed by atoms with Crippen LogP contribution in [0.5, 0.6) is 0 Å². The number of aromatic nitrogens is 3. The first-order chi connectivity index (χ1) is 7.49. The molecule has 0 bridgehead atoms. The molecule has 2 aromatic heterocycles. The Bertz CT molecular complexity index is 576. The van der Waals surface area contributed by atoms with Gasteiger partial charge in [-0.2, -0.15) is 0 Å². The van der Waals surface area contributed by atoms with E-state index in [2.05, 4.69) is 9.97 Å². The van der Waals surface area contributed by atoms with Gasteiger partial charge in [0.15, 0.2) is 0 Å². The quantitative estimate of drug-likeness (QED) is 0.848. The van der Waals surface area contributed by atoms with Crippen LogP contribution in [-0.2, 0) is 51.0 Å². The standard InChI is InChI=1S/C11H14N4O.Y/c1-6-10-8(4-9(12)16)5-15(3)11(10)14-7(2)13-6;/h5H,4H2,1-3H3,(H2,12,16);/p-1. The van der Waals surface area contributed by atoms with Crippen molar-refractivity contribution in [2.24, 2.45) is 7.05 Å². The number of hydrogen-bond acceptors (Lipinski definition) is 3. The summed E-state index contributed by atoms with van der Waals surface area (Å²) in [6, 6.07) is 0. The number of amides is 1. The van der Waals surface area contributed by atoms with Crippen LogP contribution >= 0.6 is 0 Å². The van der Waals surface area contributed by atoms with Crippen molar-refractivity contribution in [2.45, 2.75) is 20.3 Å². The molecule has 0 atom stereocenters. The fourth-order valence-electron chi connectivity index (χ4n) is 1.99. The number of nitrogens with zero attached hydrogens (tertiary/aromatic N) is 3. The Kier molecular flexibility index (Phi) is 4.39. The Morgan fingerprint density at radius 2 is 2.06 bits per heavy atom. The van der Waals surface area contributed by atoms with E-state index in [4.69, 9.17) is 5.73 Å². The van der Waals surface area contributed by atoms with Crippen molar-refractivity contribution in [1.29, 1.82) is 0 Å². The van der Waals surface area contributed by atoms with Gasteiger partial charge < -0.3 is 15.1 Å². The molecule has 0 aromatic carbocycles. The molecule has 0 aliphatic heterocycles. The summed E-state index contributed by atoms with van der Waals surface area (Å²) in [6.07, 6.45) is 1.96. The van der Waals surface area contributed by atoms with Crippen molar-refractivity contribution in [3.05, 3.63) is 29.0 Å². The van der Waals surface area contributed by atoms with Crippen molar-refractivity contribution < 1.29 is 37.5 Å². The van der Waals surface area contributed by atoms with E-state index < -0.39 is 5.91 Å². The fraction of sp³-hybridized carbons (Fsp3) is 0.364. The number of aryl methyl sites for hydroxylation is 3. The van der Waals surface area contributed by atoms with Gasteiger partial charge in [0.25, 0.3) is 0 Å². The average molecular weight is 306 g/mol. The van der Waals surface area contributed by atoms with Gasteiger partial charge in [-0.3, -0.25) is 0 Å². The van der Waals surface area contributed by atoms with Gasteiger partial charge in [0.1, 0.15) is 11.5 Å². The Morgan fingerprint density at radius 1 is 1.41 bits per heavy atom. The summed E-state index contributed by atoms with van der Waals surface area (Å²) in [6.45, 7) is 3.74. The molecule has 17 heavy (non-hydrogen) atoms. The van der Waals surface area contributed by atoms with Crippen molar-refractivity contribution in [3.8, 4) is 0 Å². The van der Waals surface area contributed by atoms with E-state index in [1.165, 1.54) is 0 Å². The molecule has 2 rings (SSSR count). The third-order valence-corrected chi connectivity index (χ3v) is 2.54. The van der Waals surface area contributed by atoms with E-state index in [9.17, 15) is 4.79 Å². The molecule has 0 saturated heterocycles. The van der Waals surface area contributed by atoms with Crippen LogP contribution in [0, 0.1) is 13.8 Å². The number of carbonyl (C=O) groups is 1. The molecule has 87 valence electrons. The van der Waals surface area contributed by atoms with E-state index >= 15 is 0 Å². The second-order valence-corrected chi connectivity index (χ2v) is 3.92. The number of nitrogens with one attached hydrogen (secondary N) is 1. The second kappa shape index (κ2) is 5.23. The van der Waals surface area contributed by atoms with E-state index in [1.807, 2.05) is 31.7 Å². The second-order valence-electron chi connectivity index (χ2n) is 3.92. The summed E-state index contributed by atoms with van der Waals surface area (Å²) in [5.74, 6) is 0.127. The van der Waals surface area contributed by atoms with Gasteiger partial charge in [-0.25, -0.2) is 9.97 Å². The Hall–Kier alpha value is -0.806. The van der Waals surface area contributed by atoms with Gasteiger partial charge in [0.2, 0.25) is 0 Å². The van der Waals surface area contributed by atoms with Crippen LogP contribution in [-0.4, -0.2) is 20.4 Å². The van der Waals surface area contributed by atoms with E-state index in [0.717, 1.165) is 28.1 Å². The Labute approximate surface area is 125 Å². The van der Waals surface area contributed by atoms with E-state index in [-0.39, 0.29) is 39.1 Å². The van der Waals surface area contributed by atoms with Crippen LogP contribution in [0.15, 0.2) is 6.20 Å². The molecule has 0 aliphatic rings. The number of fused-ring (bicyclic) bond motifs is 1. The molecule has 6 heteroatoms. The van der Waals surface area contributed by atoms with Gasteiger partial charge in [-0.1, -0.05) is 0 Å². The maximum atomic E-state index is 10.9. The number of carbonyl (C=O) groups excluding carboxylic acids is 1. The van der Waals surface area contributed by atoms with Crippen molar-refractivity contribution in [3.63, 3.8) is 0 Å². The molecule has 1 radical (unpaired) electrons. The monoisotopic (exact) mass is 306 g/mol. The molecule has 0 spiro atoms. The van der Waals surface area contributed by atoms with Crippen LogP contribution < -0.4 is 0 Å². The third kappa shape index (κ3) is 2.72. The molecule has 0 aliphatic carbocycles. The first-order valence-corrected chi connectivity index (χ1v) is 5.02. The largest absolute Gasteiger partial charge is 0.667 e. The number of hydrogen-bond donors (Lipinski definition) is 0. The summed E-state index contributed by atoms with van der Waals surface area (Å²) in [4.78, 5) is 19.5. The summed E-state index contributed by atoms with van der Waals surface area (Å²) in [5, 5.41) is 0.897. The van der Waals surface area contributed by atoms with Gasteiger partial charge in [0.05, 0.1) is 11.6 Å². The van der Waals surface area contributed by atoms with Crippen LogP contribution in [0.2, 0.25) is 0 Å². The first-order valence-electron chi connectivity index (χ1n) is 5.02. The van der Waals surface area contributed by atoms with Crippen molar-refractivity contribution in [2.75, 3.05) is 0 Å². The predicted molar refractivity (Wildman–Crippen MR) is 61.0 cm³/mol. The molecule has 0 saturated carbocycles. The topological polar surface area (TPSA) is 71.6 Å². The average Bonchev–Trinajstić information content (AvgIpc) is 2.42. The minimum absolute atomic E-state index is 0. The number of rotatable bonds is 2. The Morgan fingerprint density at radius 3 is 2.65 bits per heavy atom. The van der Waals surface area contributed by atoms with Gasteiger partial charge >= 0.3 is 0 Å². The van der Waals surface area contributed by atoms with Crippen molar-refractivity contribution in [1.82, 2.24) is 14.5 Å². The minimum Gasteiger partial charge on any atom is -0.667 e. The molecule has 1 N–H and O–H groups in total. The zero-order valence-corrected chi connectivity index (χ0v) is 12.9. The zero-order chi connectivity index (χ0) is 11.9. The minimum atomic E-state index is -0.590. The maximum absolute atomic E-state index is 10.9. The van der Waals surface area contributed by atoms with Gasteiger partial charge in [-0.15, -0.1) is 0 Å². The van der Waals surface area contributed by atoms with E-state index in [0.29, 0.717) is 0 Å². The summed E-state index contributed by atoms with van der Waals surface area (Å²) in [5.41, 5.74) is 9.53. The molecule has 5 nitrogen and oxygen atoms in total. The molecule has 1 amide bonds. The molecular formula is C11H13N4OY-. The Balaban J connectivity index is 0.00000144. The molecule has 0 fully saturated rings. The maximum Gasteiger partial charge on any atom is 0.143 e. The van der Waals surface area contributed by atoms with Gasteiger partial charge in [-0.05, 0) is 19.4 Å². The summed E-state index contributed by atoms with van der Waals surface area (Å²) in [7, 11) is 1.88. The van der Waals surface area contributed by atoms with E-state index in [1.54, 1.807) is 0 Å². The SMILES string of the molecule is Cc1nc(C)c2c(CC([NH-])=O)cn(C)c2n1.[Y]. The van der Waals surface area contributed by atoms with Gasteiger partial charge in [0, 0.05) is 57.8 Å². The molecule has 2 aromatic rings. The van der Waals surface area contributed by atoms with Crippen LogP contribution in [0.3, 0.4) is 0 Å².